The molecule has 0 bridgehead atoms. The van der Waals surface area contributed by atoms with Gasteiger partial charge < -0.3 is 19.5 Å². The molecule has 7 nitrogen and oxygen atoms in total. The number of carbonyl (C=O) groups is 1. The second-order valence-electron chi connectivity index (χ2n) is 7.32. The van der Waals surface area contributed by atoms with Gasteiger partial charge in [0.15, 0.2) is 5.82 Å². The standard InChI is InChI=1S/C20H29N5O2/c1-23(13-16-7-4-3-5-8-16)19(27)10-12-25-11-6-9-17(14-25)20-22-21-18(15-26)24(20)2/h3-5,7-8,17,26H,6,9-15H2,1-2H3/t17-/m0/s1. The predicted octanol–water partition coefficient (Wildman–Crippen LogP) is 1.54. The van der Waals surface area contributed by atoms with Crippen molar-refractivity contribution in [1.82, 2.24) is 24.6 Å². The summed E-state index contributed by atoms with van der Waals surface area (Å²) < 4.78 is 1.90. The molecule has 0 radical (unpaired) electrons. The Hall–Kier alpha value is -2.25. The summed E-state index contributed by atoms with van der Waals surface area (Å²) in [5.41, 5.74) is 1.15. The molecular weight excluding hydrogens is 342 g/mol. The van der Waals surface area contributed by atoms with Gasteiger partial charge in [0.25, 0.3) is 0 Å². The van der Waals surface area contributed by atoms with Crippen molar-refractivity contribution in [1.29, 1.82) is 0 Å². The highest BCUT2D eigenvalue weighted by Gasteiger charge is 2.26. The van der Waals surface area contributed by atoms with E-state index in [1.807, 2.05) is 49.0 Å². The number of likely N-dealkylation sites (tertiary alicyclic amines) is 1. The Morgan fingerprint density at radius 3 is 2.78 bits per heavy atom. The highest BCUT2D eigenvalue weighted by Crippen LogP contribution is 2.25. The van der Waals surface area contributed by atoms with Crippen LogP contribution in [0.2, 0.25) is 0 Å². The number of piperidine rings is 1. The lowest BCUT2D eigenvalue weighted by Gasteiger charge is -2.32. The van der Waals surface area contributed by atoms with Gasteiger partial charge in [-0.05, 0) is 24.9 Å². The van der Waals surface area contributed by atoms with Gasteiger partial charge in [0, 0.05) is 46.1 Å². The third-order valence-electron chi connectivity index (χ3n) is 5.34. The first-order valence-electron chi connectivity index (χ1n) is 9.57. The van der Waals surface area contributed by atoms with Gasteiger partial charge in [0.1, 0.15) is 12.4 Å². The summed E-state index contributed by atoms with van der Waals surface area (Å²) in [6.45, 7) is 3.20. The molecule has 1 amide bonds. The fourth-order valence-corrected chi connectivity index (χ4v) is 3.73. The number of nitrogens with zero attached hydrogens (tertiary/aromatic N) is 5. The third kappa shape index (κ3) is 4.93. The zero-order valence-electron chi connectivity index (χ0n) is 16.2. The number of benzene rings is 1. The molecule has 1 saturated heterocycles. The van der Waals surface area contributed by atoms with E-state index >= 15 is 0 Å². The molecule has 0 unspecified atom stereocenters. The predicted molar refractivity (Wildman–Crippen MR) is 103 cm³/mol. The van der Waals surface area contributed by atoms with Gasteiger partial charge in [0.2, 0.25) is 5.91 Å². The summed E-state index contributed by atoms with van der Waals surface area (Å²) in [5, 5.41) is 17.6. The van der Waals surface area contributed by atoms with Crippen LogP contribution in [0.25, 0.3) is 0 Å². The first-order valence-corrected chi connectivity index (χ1v) is 9.57. The molecule has 7 heteroatoms. The summed E-state index contributed by atoms with van der Waals surface area (Å²) in [5.74, 6) is 1.99. The highest BCUT2D eigenvalue weighted by molar-refractivity contribution is 5.76. The second kappa shape index (κ2) is 9.10. The molecule has 2 heterocycles. The van der Waals surface area contributed by atoms with E-state index in [1.54, 1.807) is 4.90 Å². The van der Waals surface area contributed by atoms with E-state index in [0.29, 0.717) is 24.7 Å². The van der Waals surface area contributed by atoms with Crippen molar-refractivity contribution in [2.75, 3.05) is 26.7 Å². The summed E-state index contributed by atoms with van der Waals surface area (Å²) in [4.78, 5) is 16.6. The molecule has 1 aliphatic rings. The number of hydrogen-bond donors (Lipinski definition) is 1. The molecule has 0 spiro atoms. The minimum absolute atomic E-state index is 0.0951. The maximum atomic E-state index is 12.5. The lowest BCUT2D eigenvalue weighted by Crippen LogP contribution is -2.38. The maximum absolute atomic E-state index is 12.5. The minimum Gasteiger partial charge on any atom is -0.388 e. The van der Waals surface area contributed by atoms with Gasteiger partial charge in [-0.15, -0.1) is 10.2 Å². The summed E-state index contributed by atoms with van der Waals surface area (Å²) in [6, 6.07) is 10.1. The SMILES string of the molecule is CN(Cc1ccccc1)C(=O)CCN1CCC[C@H](c2nnc(CO)n2C)C1. The van der Waals surface area contributed by atoms with Gasteiger partial charge in [0.05, 0.1) is 0 Å². The Morgan fingerprint density at radius 2 is 2.07 bits per heavy atom. The van der Waals surface area contributed by atoms with Crippen LogP contribution in [0.15, 0.2) is 30.3 Å². The lowest BCUT2D eigenvalue weighted by atomic mass is 9.97. The van der Waals surface area contributed by atoms with Crippen molar-refractivity contribution in [2.45, 2.75) is 38.3 Å². The van der Waals surface area contributed by atoms with Gasteiger partial charge in [-0.1, -0.05) is 30.3 Å². The molecule has 1 atom stereocenters. The van der Waals surface area contributed by atoms with Gasteiger partial charge in [-0.2, -0.15) is 0 Å². The van der Waals surface area contributed by atoms with Crippen molar-refractivity contribution in [3.05, 3.63) is 47.5 Å². The Labute approximate surface area is 160 Å². The van der Waals surface area contributed by atoms with Crippen molar-refractivity contribution in [2.24, 2.45) is 7.05 Å². The Bertz CT molecular complexity index is 746. The quantitative estimate of drug-likeness (QED) is 0.799. The number of aliphatic hydroxyl groups is 1. The summed E-state index contributed by atoms with van der Waals surface area (Å²) >= 11 is 0. The molecule has 0 aliphatic carbocycles. The lowest BCUT2D eigenvalue weighted by molar-refractivity contribution is -0.130. The van der Waals surface area contributed by atoms with Crippen molar-refractivity contribution < 1.29 is 9.90 Å². The van der Waals surface area contributed by atoms with Crippen LogP contribution < -0.4 is 0 Å². The number of aromatic nitrogens is 3. The van der Waals surface area contributed by atoms with E-state index in [9.17, 15) is 9.90 Å². The maximum Gasteiger partial charge on any atom is 0.223 e. The van der Waals surface area contributed by atoms with Crippen LogP contribution in [-0.4, -0.2) is 62.3 Å². The number of aliphatic hydroxyl groups excluding tert-OH is 1. The van der Waals surface area contributed by atoms with Crippen LogP contribution in [0, 0.1) is 0 Å². The second-order valence-corrected chi connectivity index (χ2v) is 7.32. The smallest absolute Gasteiger partial charge is 0.223 e. The van der Waals surface area contributed by atoms with Crippen LogP contribution in [0.4, 0.5) is 0 Å². The average Bonchev–Trinajstić information content (AvgIpc) is 3.07. The number of hydrogen-bond acceptors (Lipinski definition) is 5. The van der Waals surface area contributed by atoms with E-state index in [2.05, 4.69) is 15.1 Å². The zero-order valence-corrected chi connectivity index (χ0v) is 16.2. The molecule has 0 saturated carbocycles. The van der Waals surface area contributed by atoms with E-state index in [1.165, 1.54) is 0 Å². The van der Waals surface area contributed by atoms with Crippen LogP contribution in [0.5, 0.6) is 0 Å². The monoisotopic (exact) mass is 371 g/mol. The first kappa shape index (κ1) is 19.5. The van der Waals surface area contributed by atoms with Crippen molar-refractivity contribution >= 4 is 5.91 Å². The topological polar surface area (TPSA) is 74.5 Å². The Morgan fingerprint density at radius 1 is 1.30 bits per heavy atom. The largest absolute Gasteiger partial charge is 0.388 e. The van der Waals surface area contributed by atoms with Gasteiger partial charge >= 0.3 is 0 Å². The van der Waals surface area contributed by atoms with Crippen molar-refractivity contribution in [3.63, 3.8) is 0 Å². The van der Waals surface area contributed by atoms with Gasteiger partial charge in [-0.3, -0.25) is 4.79 Å². The molecular formula is C20H29N5O2. The molecule has 1 fully saturated rings. The normalized spacial score (nSPS) is 17.8. The molecule has 1 aliphatic heterocycles. The fraction of sp³-hybridized carbons (Fsp3) is 0.550. The zero-order chi connectivity index (χ0) is 19.2. The molecule has 1 aromatic heterocycles. The highest BCUT2D eigenvalue weighted by atomic mass is 16.3. The van der Waals surface area contributed by atoms with Crippen LogP contribution in [-0.2, 0) is 25.0 Å². The first-order chi connectivity index (χ1) is 13.1. The number of rotatable bonds is 7. The molecule has 1 aromatic carbocycles. The Balaban J connectivity index is 1.50. The number of amides is 1. The van der Waals surface area contributed by atoms with E-state index in [4.69, 9.17) is 0 Å². The molecule has 1 N–H and O–H groups in total. The molecule has 2 aromatic rings. The molecule has 27 heavy (non-hydrogen) atoms. The van der Waals surface area contributed by atoms with E-state index in [0.717, 1.165) is 43.9 Å². The average molecular weight is 371 g/mol. The summed E-state index contributed by atoms with van der Waals surface area (Å²) in [7, 11) is 3.77. The minimum atomic E-state index is -0.0951. The van der Waals surface area contributed by atoms with Crippen LogP contribution in [0.1, 0.15) is 42.4 Å². The van der Waals surface area contributed by atoms with E-state index < -0.39 is 0 Å². The summed E-state index contributed by atoms with van der Waals surface area (Å²) in [6.07, 6.45) is 2.67. The van der Waals surface area contributed by atoms with Crippen LogP contribution in [0.3, 0.4) is 0 Å². The molecule has 146 valence electrons. The van der Waals surface area contributed by atoms with Crippen LogP contribution >= 0.6 is 0 Å². The fourth-order valence-electron chi connectivity index (χ4n) is 3.73. The van der Waals surface area contributed by atoms with Gasteiger partial charge in [-0.25, -0.2) is 0 Å². The third-order valence-corrected chi connectivity index (χ3v) is 5.34. The molecule has 3 rings (SSSR count). The Kier molecular flexibility index (Phi) is 6.58. The van der Waals surface area contributed by atoms with Crippen molar-refractivity contribution in [3.8, 4) is 0 Å². The van der Waals surface area contributed by atoms with E-state index in [-0.39, 0.29) is 12.5 Å². The number of carbonyl (C=O) groups excluding carboxylic acids is 1.